The van der Waals surface area contributed by atoms with Crippen LogP contribution in [-0.2, 0) is 14.3 Å². The molecule has 2 saturated heterocycles. The van der Waals surface area contributed by atoms with Crippen molar-refractivity contribution in [3.8, 4) is 0 Å². The summed E-state index contributed by atoms with van der Waals surface area (Å²) in [5, 5.41) is 27.7. The van der Waals surface area contributed by atoms with E-state index in [0.717, 1.165) is 38.5 Å². The molecule has 0 aromatic heterocycles. The number of fused-ring (bicyclic) bond motifs is 1. The third kappa shape index (κ3) is 7.47. The van der Waals surface area contributed by atoms with Crippen molar-refractivity contribution in [2.75, 3.05) is 13.2 Å². The first-order valence-corrected chi connectivity index (χ1v) is 17.8. The second-order valence-electron chi connectivity index (χ2n) is 15.3. The van der Waals surface area contributed by atoms with Crippen LogP contribution in [0.3, 0.4) is 0 Å². The van der Waals surface area contributed by atoms with Crippen LogP contribution in [0.15, 0.2) is 12.2 Å². The number of alkyl halides is 4. The van der Waals surface area contributed by atoms with Gasteiger partial charge in [0, 0.05) is 23.9 Å². The maximum Gasteiger partial charge on any atom is 0.420 e. The number of nitrogens with two attached hydrogens (primary N) is 1. The Hall–Kier alpha value is -1.31. The Bertz CT molecular complexity index is 1080. The van der Waals surface area contributed by atoms with Crippen LogP contribution in [0.5, 0.6) is 0 Å². The van der Waals surface area contributed by atoms with Crippen LogP contribution >= 0.6 is 0 Å². The Kier molecular flexibility index (Phi) is 10.4. The zero-order valence-electron chi connectivity index (χ0n) is 26.7. The van der Waals surface area contributed by atoms with Gasteiger partial charge < -0.3 is 36.1 Å². The van der Waals surface area contributed by atoms with Gasteiger partial charge in [0.25, 0.3) is 0 Å². The summed E-state index contributed by atoms with van der Waals surface area (Å²) < 4.78 is 71.1. The van der Waals surface area contributed by atoms with Gasteiger partial charge in [-0.15, -0.1) is 0 Å². The van der Waals surface area contributed by atoms with E-state index in [1.165, 1.54) is 6.42 Å². The highest BCUT2D eigenvalue weighted by Gasteiger charge is 2.64. The average molecular weight is 660 g/mol. The largest absolute Gasteiger partial charge is 0.420 e. The maximum absolute atomic E-state index is 14.9. The van der Waals surface area contributed by atoms with Crippen molar-refractivity contribution in [3.63, 3.8) is 0 Å². The number of hydrogen-bond donors (Lipinski definition) is 5. The number of rotatable bonds is 9. The number of carbonyl (C=O) groups excluding carboxylic acids is 1. The van der Waals surface area contributed by atoms with Crippen LogP contribution in [-0.4, -0.2) is 89.3 Å². The zero-order valence-corrected chi connectivity index (χ0v) is 26.7. The van der Waals surface area contributed by atoms with Gasteiger partial charge in [-0.25, -0.2) is 4.39 Å². The summed E-state index contributed by atoms with van der Waals surface area (Å²) in [5.41, 5.74) is 2.68. The SMILES string of the molecule is NC1(/C=C/C2CCCCC2)COC2C(C3CCC(F)CC3)NC(C(O)(CNC(=O)C3CCC(OC4CC4)C(O)C3)C(F)(F)F)CC21. The maximum atomic E-state index is 14.9. The van der Waals surface area contributed by atoms with Crippen LogP contribution in [0.2, 0.25) is 0 Å². The second kappa shape index (κ2) is 13.9. The van der Waals surface area contributed by atoms with Crippen LogP contribution < -0.4 is 16.4 Å². The number of ether oxygens (including phenoxy) is 2. The summed E-state index contributed by atoms with van der Waals surface area (Å²) >= 11 is 0. The molecule has 6 aliphatic rings. The van der Waals surface area contributed by atoms with E-state index in [9.17, 15) is 32.6 Å². The molecule has 4 saturated carbocycles. The molecule has 262 valence electrons. The van der Waals surface area contributed by atoms with Crippen LogP contribution in [0, 0.1) is 23.7 Å². The van der Waals surface area contributed by atoms with Crippen molar-refractivity contribution >= 4 is 5.91 Å². The van der Waals surface area contributed by atoms with Crippen molar-refractivity contribution in [1.82, 2.24) is 10.6 Å². The number of hydrogen-bond acceptors (Lipinski definition) is 7. The van der Waals surface area contributed by atoms with Gasteiger partial charge in [-0.1, -0.05) is 31.4 Å². The van der Waals surface area contributed by atoms with Gasteiger partial charge in [0.15, 0.2) is 5.60 Å². The summed E-state index contributed by atoms with van der Waals surface area (Å²) in [5.74, 6) is -1.56. The molecule has 4 aliphatic carbocycles. The normalized spacial score (nSPS) is 42.5. The van der Waals surface area contributed by atoms with E-state index in [1.807, 2.05) is 6.08 Å². The topological polar surface area (TPSA) is 126 Å². The highest BCUT2D eigenvalue weighted by Crippen LogP contribution is 2.47. The van der Waals surface area contributed by atoms with Crippen molar-refractivity contribution in [2.24, 2.45) is 29.4 Å². The molecule has 6 N–H and O–H groups in total. The number of aliphatic hydroxyl groups excluding tert-OH is 1. The Labute approximate surface area is 269 Å². The van der Waals surface area contributed by atoms with Crippen LogP contribution in [0.1, 0.15) is 96.3 Å². The molecule has 46 heavy (non-hydrogen) atoms. The van der Waals surface area contributed by atoms with Crippen molar-refractivity contribution in [1.29, 1.82) is 0 Å². The van der Waals surface area contributed by atoms with Gasteiger partial charge >= 0.3 is 6.18 Å². The van der Waals surface area contributed by atoms with E-state index >= 15 is 0 Å². The third-order valence-corrected chi connectivity index (χ3v) is 12.0. The molecular formula is C34H53F4N3O5. The number of nitrogens with one attached hydrogen (secondary N) is 2. The van der Waals surface area contributed by atoms with Crippen molar-refractivity contribution in [3.05, 3.63) is 12.2 Å². The lowest BCUT2D eigenvalue weighted by atomic mass is 9.67. The first-order chi connectivity index (χ1) is 21.9. The number of aliphatic hydroxyl groups is 2. The lowest BCUT2D eigenvalue weighted by Crippen LogP contribution is -2.72. The number of halogens is 4. The molecule has 0 aromatic rings. The molecule has 2 aliphatic heterocycles. The Balaban J connectivity index is 1.19. The number of allylic oxidation sites excluding steroid dienone is 1. The van der Waals surface area contributed by atoms with E-state index in [0.29, 0.717) is 44.4 Å². The molecule has 12 heteroatoms. The zero-order chi connectivity index (χ0) is 32.7. The molecule has 9 unspecified atom stereocenters. The van der Waals surface area contributed by atoms with E-state index in [1.54, 1.807) is 0 Å². The predicted molar refractivity (Wildman–Crippen MR) is 163 cm³/mol. The molecular weight excluding hydrogens is 606 g/mol. The quantitative estimate of drug-likeness (QED) is 0.186. The molecule has 8 nitrogen and oxygen atoms in total. The minimum absolute atomic E-state index is 0.0960. The van der Waals surface area contributed by atoms with E-state index in [-0.39, 0.29) is 37.6 Å². The standard InChI is InChI=1S/C34H53F4N3O5/c35-23-9-6-21(7-10-23)29-30-25(32(39,19-45-30)15-14-20-4-2-1-3-5-20)17-28(41-29)33(44,34(36,37)38)18-40-31(43)22-8-13-27(26(42)16-22)46-24-11-12-24/h14-15,20-30,41-42,44H,1-13,16-19,39H2,(H,40,43)/b15-14+. The Morgan fingerprint density at radius 2 is 1.74 bits per heavy atom. The van der Waals surface area contributed by atoms with E-state index in [2.05, 4.69) is 16.7 Å². The Morgan fingerprint density at radius 1 is 1.02 bits per heavy atom. The summed E-state index contributed by atoms with van der Waals surface area (Å²) in [4.78, 5) is 13.2. The number of piperidine rings is 1. The van der Waals surface area contributed by atoms with Gasteiger partial charge in [-0.3, -0.25) is 4.79 Å². The molecule has 6 rings (SSSR count). The third-order valence-electron chi connectivity index (χ3n) is 12.0. The predicted octanol–water partition coefficient (Wildman–Crippen LogP) is 4.21. The molecule has 0 radical (unpaired) electrons. The molecule has 1 amide bonds. The van der Waals surface area contributed by atoms with Gasteiger partial charge in [-0.2, -0.15) is 13.2 Å². The fourth-order valence-electron chi connectivity index (χ4n) is 8.87. The smallest absolute Gasteiger partial charge is 0.390 e. The molecule has 6 fully saturated rings. The summed E-state index contributed by atoms with van der Waals surface area (Å²) in [7, 11) is 0. The highest BCUT2D eigenvalue weighted by atomic mass is 19.4. The molecule has 0 aromatic carbocycles. The van der Waals surface area contributed by atoms with Crippen molar-refractivity contribution < 1.29 is 42.0 Å². The minimum atomic E-state index is -5.07. The first kappa shape index (κ1) is 34.5. The summed E-state index contributed by atoms with van der Waals surface area (Å²) in [6.07, 6.45) is 6.47. The van der Waals surface area contributed by atoms with Crippen LogP contribution in [0.25, 0.3) is 0 Å². The summed E-state index contributed by atoms with van der Waals surface area (Å²) in [6, 6.07) is -2.02. The van der Waals surface area contributed by atoms with Gasteiger partial charge in [0.2, 0.25) is 5.91 Å². The molecule has 9 atom stereocenters. The fourth-order valence-corrected chi connectivity index (χ4v) is 8.87. The molecule has 2 heterocycles. The Morgan fingerprint density at radius 3 is 2.39 bits per heavy atom. The van der Waals surface area contributed by atoms with Crippen molar-refractivity contribution in [2.45, 2.75) is 156 Å². The second-order valence-corrected chi connectivity index (χ2v) is 15.3. The average Bonchev–Trinajstić information content (AvgIpc) is 3.80. The highest BCUT2D eigenvalue weighted by molar-refractivity contribution is 5.78. The van der Waals surface area contributed by atoms with E-state index < -0.39 is 72.1 Å². The number of amides is 1. The lowest BCUT2D eigenvalue weighted by molar-refractivity contribution is -0.274. The molecule has 0 spiro atoms. The van der Waals surface area contributed by atoms with E-state index in [4.69, 9.17) is 15.2 Å². The van der Waals surface area contributed by atoms with Crippen LogP contribution in [0.4, 0.5) is 17.6 Å². The fraction of sp³-hybridized carbons (Fsp3) is 0.912. The minimum Gasteiger partial charge on any atom is -0.390 e. The number of carbonyl (C=O) groups is 1. The lowest BCUT2D eigenvalue weighted by Gasteiger charge is -2.50. The van der Waals surface area contributed by atoms with Gasteiger partial charge in [0.1, 0.15) is 6.17 Å². The summed E-state index contributed by atoms with van der Waals surface area (Å²) in [6.45, 7) is -0.870. The monoisotopic (exact) mass is 659 g/mol. The van der Waals surface area contributed by atoms with Gasteiger partial charge in [-0.05, 0) is 88.9 Å². The first-order valence-electron chi connectivity index (χ1n) is 17.8. The molecule has 0 bridgehead atoms. The van der Waals surface area contributed by atoms with Gasteiger partial charge in [0.05, 0.1) is 43.1 Å².